The minimum absolute atomic E-state index is 0.0399. The summed E-state index contributed by atoms with van der Waals surface area (Å²) in [6, 6.07) is 14.4. The molecule has 1 aliphatic carbocycles. The maximum Gasteiger partial charge on any atom is 0.348 e. The van der Waals surface area contributed by atoms with Crippen LogP contribution in [0.4, 0.5) is 0 Å². The van der Waals surface area contributed by atoms with Crippen molar-refractivity contribution in [2.45, 2.75) is 52.5 Å². The normalized spacial score (nSPS) is 14.2. The van der Waals surface area contributed by atoms with E-state index in [1.807, 2.05) is 32.0 Å². The third-order valence-corrected chi connectivity index (χ3v) is 5.45. The Hall–Kier alpha value is -2.62. The number of benzene rings is 2. The molecule has 0 N–H and O–H groups in total. The molecular formula is C24H28N2O2. The molecule has 4 rings (SSSR count). The van der Waals surface area contributed by atoms with Crippen molar-refractivity contribution in [3.63, 3.8) is 0 Å². The van der Waals surface area contributed by atoms with Crippen molar-refractivity contribution >= 4 is 10.9 Å². The molecule has 0 saturated heterocycles. The molecule has 1 fully saturated rings. The molecule has 146 valence electrons. The first kappa shape index (κ1) is 18.7. The Balaban J connectivity index is 1.86. The third kappa shape index (κ3) is 3.68. The summed E-state index contributed by atoms with van der Waals surface area (Å²) < 4.78 is 7.75. The van der Waals surface area contributed by atoms with Gasteiger partial charge in [0.1, 0.15) is 5.75 Å². The molecule has 2 aromatic carbocycles. The Bertz CT molecular complexity index is 1040. The van der Waals surface area contributed by atoms with Gasteiger partial charge in [-0.05, 0) is 62.3 Å². The molecule has 1 heterocycles. The second kappa shape index (κ2) is 7.42. The highest BCUT2D eigenvalue weighted by Crippen LogP contribution is 2.33. The Morgan fingerprint density at radius 3 is 2.39 bits per heavy atom. The standard InChI is InChI=1S/C24H28N2O2/c1-15(2)18-7-9-19(10-8-18)23-21-13-20(28-14-17-5-6-17)11-12-22(21)26(16(3)4)24(27)25-23/h7-13,15-17H,5-6,14H2,1-4H3. The van der Waals surface area contributed by atoms with Crippen LogP contribution in [0, 0.1) is 5.92 Å². The smallest absolute Gasteiger partial charge is 0.348 e. The molecule has 1 saturated carbocycles. The van der Waals surface area contributed by atoms with Crippen LogP contribution in [0.1, 0.15) is 58.1 Å². The van der Waals surface area contributed by atoms with Gasteiger partial charge in [-0.25, -0.2) is 4.79 Å². The highest BCUT2D eigenvalue weighted by molar-refractivity contribution is 5.93. The Morgan fingerprint density at radius 1 is 1.07 bits per heavy atom. The molecule has 1 aromatic heterocycles. The topological polar surface area (TPSA) is 44.1 Å². The minimum Gasteiger partial charge on any atom is -0.493 e. The van der Waals surface area contributed by atoms with Gasteiger partial charge in [-0.1, -0.05) is 38.1 Å². The van der Waals surface area contributed by atoms with Gasteiger partial charge in [-0.2, -0.15) is 4.98 Å². The van der Waals surface area contributed by atoms with Gasteiger partial charge in [-0.15, -0.1) is 0 Å². The number of hydrogen-bond acceptors (Lipinski definition) is 3. The van der Waals surface area contributed by atoms with Crippen molar-refractivity contribution in [3.8, 4) is 17.0 Å². The Labute approximate surface area is 166 Å². The number of nitrogens with zero attached hydrogens (tertiary/aromatic N) is 2. The zero-order valence-electron chi connectivity index (χ0n) is 17.1. The second-order valence-electron chi connectivity index (χ2n) is 8.42. The highest BCUT2D eigenvalue weighted by atomic mass is 16.5. The van der Waals surface area contributed by atoms with E-state index in [1.54, 1.807) is 4.57 Å². The van der Waals surface area contributed by atoms with Crippen molar-refractivity contribution in [2.24, 2.45) is 5.92 Å². The molecule has 0 radical (unpaired) electrons. The SMILES string of the molecule is CC(C)c1ccc(-c2nc(=O)n(C(C)C)c3ccc(OCC4CC4)cc23)cc1. The average molecular weight is 377 g/mol. The van der Waals surface area contributed by atoms with E-state index >= 15 is 0 Å². The summed E-state index contributed by atoms with van der Waals surface area (Å²) in [5, 5.41) is 0.957. The number of aromatic nitrogens is 2. The van der Waals surface area contributed by atoms with Gasteiger partial charge in [0.25, 0.3) is 0 Å². The van der Waals surface area contributed by atoms with E-state index in [4.69, 9.17) is 4.74 Å². The maximum atomic E-state index is 12.8. The van der Waals surface area contributed by atoms with Crippen molar-refractivity contribution in [2.75, 3.05) is 6.61 Å². The molecule has 0 aliphatic heterocycles. The van der Waals surface area contributed by atoms with Gasteiger partial charge in [-0.3, -0.25) is 4.57 Å². The van der Waals surface area contributed by atoms with Crippen molar-refractivity contribution in [1.82, 2.24) is 9.55 Å². The van der Waals surface area contributed by atoms with Crippen LogP contribution in [0.5, 0.6) is 5.75 Å². The van der Waals surface area contributed by atoms with Gasteiger partial charge < -0.3 is 4.74 Å². The van der Waals surface area contributed by atoms with Crippen LogP contribution < -0.4 is 10.4 Å². The van der Waals surface area contributed by atoms with E-state index < -0.39 is 0 Å². The molecular weight excluding hydrogens is 348 g/mol. The summed E-state index contributed by atoms with van der Waals surface area (Å²) in [6.07, 6.45) is 2.52. The van der Waals surface area contributed by atoms with Crippen molar-refractivity contribution in [1.29, 1.82) is 0 Å². The minimum atomic E-state index is -0.211. The van der Waals surface area contributed by atoms with Crippen molar-refractivity contribution < 1.29 is 4.74 Å². The number of fused-ring (bicyclic) bond motifs is 1. The van der Waals surface area contributed by atoms with E-state index in [1.165, 1.54) is 18.4 Å². The summed E-state index contributed by atoms with van der Waals surface area (Å²) in [5.74, 6) is 2.01. The summed E-state index contributed by atoms with van der Waals surface area (Å²) in [5.41, 5.74) is 3.65. The first-order valence-corrected chi connectivity index (χ1v) is 10.2. The molecule has 0 atom stereocenters. The predicted octanol–water partition coefficient (Wildman–Crippen LogP) is 5.56. The fraction of sp³-hybridized carbons (Fsp3) is 0.417. The Kier molecular flexibility index (Phi) is 4.96. The molecule has 0 unspecified atom stereocenters. The van der Waals surface area contributed by atoms with Crippen LogP contribution in [0.15, 0.2) is 47.3 Å². The van der Waals surface area contributed by atoms with E-state index in [2.05, 4.69) is 43.1 Å². The van der Waals surface area contributed by atoms with E-state index in [-0.39, 0.29) is 11.7 Å². The van der Waals surface area contributed by atoms with Gasteiger partial charge >= 0.3 is 5.69 Å². The maximum absolute atomic E-state index is 12.8. The van der Waals surface area contributed by atoms with E-state index in [0.29, 0.717) is 11.8 Å². The van der Waals surface area contributed by atoms with Crippen LogP contribution in [-0.4, -0.2) is 16.2 Å². The van der Waals surface area contributed by atoms with Crippen LogP contribution in [0.25, 0.3) is 22.2 Å². The van der Waals surface area contributed by atoms with Crippen LogP contribution >= 0.6 is 0 Å². The zero-order valence-corrected chi connectivity index (χ0v) is 17.1. The third-order valence-electron chi connectivity index (χ3n) is 5.45. The lowest BCUT2D eigenvalue weighted by atomic mass is 9.99. The summed E-state index contributed by atoms with van der Waals surface area (Å²) in [7, 11) is 0. The molecule has 1 aliphatic rings. The fourth-order valence-corrected chi connectivity index (χ4v) is 3.56. The van der Waals surface area contributed by atoms with Crippen molar-refractivity contribution in [3.05, 3.63) is 58.5 Å². The number of rotatable bonds is 6. The lowest BCUT2D eigenvalue weighted by Gasteiger charge is -2.17. The number of hydrogen-bond donors (Lipinski definition) is 0. The van der Waals surface area contributed by atoms with Gasteiger partial charge in [0.05, 0.1) is 17.8 Å². The average Bonchev–Trinajstić information content (AvgIpc) is 3.50. The molecule has 0 amide bonds. The zero-order chi connectivity index (χ0) is 19.8. The monoisotopic (exact) mass is 376 g/mol. The van der Waals surface area contributed by atoms with Gasteiger partial charge in [0.15, 0.2) is 0 Å². The highest BCUT2D eigenvalue weighted by Gasteiger charge is 2.22. The van der Waals surface area contributed by atoms with Gasteiger partial charge in [0.2, 0.25) is 0 Å². The molecule has 28 heavy (non-hydrogen) atoms. The largest absolute Gasteiger partial charge is 0.493 e. The van der Waals surface area contributed by atoms with Gasteiger partial charge in [0, 0.05) is 17.0 Å². The van der Waals surface area contributed by atoms with Crippen LogP contribution in [-0.2, 0) is 0 Å². The summed E-state index contributed by atoms with van der Waals surface area (Å²) >= 11 is 0. The predicted molar refractivity (Wildman–Crippen MR) is 114 cm³/mol. The van der Waals surface area contributed by atoms with Crippen LogP contribution in [0.3, 0.4) is 0 Å². The van der Waals surface area contributed by atoms with E-state index in [9.17, 15) is 4.79 Å². The Morgan fingerprint density at radius 2 is 1.79 bits per heavy atom. The summed E-state index contributed by atoms with van der Waals surface area (Å²) in [4.78, 5) is 17.2. The first-order valence-electron chi connectivity index (χ1n) is 10.2. The van der Waals surface area contributed by atoms with E-state index in [0.717, 1.165) is 34.5 Å². The number of ether oxygens (including phenoxy) is 1. The second-order valence-corrected chi connectivity index (χ2v) is 8.42. The fourth-order valence-electron chi connectivity index (χ4n) is 3.56. The summed E-state index contributed by atoms with van der Waals surface area (Å²) in [6.45, 7) is 9.14. The molecule has 4 heteroatoms. The molecule has 0 spiro atoms. The lowest BCUT2D eigenvalue weighted by Crippen LogP contribution is -2.25. The van der Waals surface area contributed by atoms with Crippen LogP contribution in [0.2, 0.25) is 0 Å². The molecule has 0 bridgehead atoms. The molecule has 4 nitrogen and oxygen atoms in total. The quantitative estimate of drug-likeness (QED) is 0.566. The lowest BCUT2D eigenvalue weighted by molar-refractivity contribution is 0.300. The first-order chi connectivity index (χ1) is 13.4. The molecule has 3 aromatic rings.